The molecule has 2 aromatic carbocycles. The minimum atomic E-state index is -0.360. The predicted octanol–water partition coefficient (Wildman–Crippen LogP) is 4.74. The number of fused-ring (bicyclic) bond motifs is 2. The van der Waals surface area contributed by atoms with E-state index in [0.29, 0.717) is 40.6 Å². The van der Waals surface area contributed by atoms with Gasteiger partial charge in [-0.25, -0.2) is 0 Å². The van der Waals surface area contributed by atoms with Crippen molar-refractivity contribution in [3.05, 3.63) is 63.9 Å². The van der Waals surface area contributed by atoms with Crippen LogP contribution in [0, 0.1) is 0 Å². The molecule has 1 aliphatic rings. The van der Waals surface area contributed by atoms with Crippen molar-refractivity contribution in [3.8, 4) is 5.88 Å². The van der Waals surface area contributed by atoms with Crippen molar-refractivity contribution in [3.63, 3.8) is 0 Å². The third kappa shape index (κ3) is 3.30. The Morgan fingerprint density at radius 3 is 2.32 bits per heavy atom. The molecule has 0 radical (unpaired) electrons. The first-order valence-electron chi connectivity index (χ1n) is 10.1. The van der Waals surface area contributed by atoms with E-state index in [2.05, 4.69) is 15.2 Å². The monoisotopic (exact) mass is 418 g/mol. The summed E-state index contributed by atoms with van der Waals surface area (Å²) < 4.78 is 5.29. The Bertz CT molecular complexity index is 1270. The molecule has 158 valence electrons. The van der Waals surface area contributed by atoms with Crippen molar-refractivity contribution in [2.75, 3.05) is 7.11 Å². The number of nitrogens with zero attached hydrogens (tertiary/aromatic N) is 3. The molecule has 8 heteroatoms. The molecular weight excluding hydrogens is 396 g/mol. The van der Waals surface area contributed by atoms with Crippen LogP contribution in [0.4, 0.5) is 11.4 Å². The van der Waals surface area contributed by atoms with E-state index in [0.717, 1.165) is 0 Å². The van der Waals surface area contributed by atoms with Crippen LogP contribution in [0.5, 0.6) is 5.88 Å². The number of aromatic nitrogens is 1. The number of imide groups is 1. The molecule has 8 nitrogen and oxygen atoms in total. The summed E-state index contributed by atoms with van der Waals surface area (Å²) in [6, 6.07) is 11.8. The van der Waals surface area contributed by atoms with Crippen LogP contribution in [0.2, 0.25) is 0 Å². The van der Waals surface area contributed by atoms with Gasteiger partial charge in [-0.3, -0.25) is 24.3 Å². The van der Waals surface area contributed by atoms with Crippen molar-refractivity contribution < 1.29 is 14.3 Å². The van der Waals surface area contributed by atoms with Crippen LogP contribution in [0.25, 0.3) is 10.8 Å². The maximum absolute atomic E-state index is 13.1. The number of benzene rings is 2. The van der Waals surface area contributed by atoms with E-state index in [1.54, 1.807) is 42.5 Å². The summed E-state index contributed by atoms with van der Waals surface area (Å²) in [6.07, 6.45) is 1.36. The molecule has 0 fully saturated rings. The van der Waals surface area contributed by atoms with Crippen LogP contribution in [0.1, 0.15) is 47.4 Å². The van der Waals surface area contributed by atoms with E-state index in [1.165, 1.54) is 12.0 Å². The molecule has 0 aliphatic carbocycles. The topological polar surface area (TPSA) is 104 Å². The molecule has 31 heavy (non-hydrogen) atoms. The highest BCUT2D eigenvalue weighted by Gasteiger charge is 2.40. The molecule has 2 amide bonds. The number of azo groups is 1. The molecule has 0 bridgehead atoms. The number of nitrogens with one attached hydrogen (secondary N) is 1. The summed E-state index contributed by atoms with van der Waals surface area (Å²) in [5, 5.41) is 9.62. The SMILES string of the molecule is CCC(CC)N1C(=O)c2cccc(N=Nc3c(OC)[nH]c(=O)c4ccccc34)c2C1=O. The van der Waals surface area contributed by atoms with Crippen LogP contribution in [-0.2, 0) is 0 Å². The molecule has 3 aromatic rings. The molecule has 2 heterocycles. The summed E-state index contributed by atoms with van der Waals surface area (Å²) in [4.78, 5) is 42.2. The summed E-state index contributed by atoms with van der Waals surface area (Å²) in [7, 11) is 1.43. The number of carbonyl (C=O) groups is 2. The van der Waals surface area contributed by atoms with Gasteiger partial charge in [0.05, 0.1) is 23.9 Å². The van der Waals surface area contributed by atoms with Gasteiger partial charge in [0.25, 0.3) is 17.4 Å². The van der Waals surface area contributed by atoms with Gasteiger partial charge in [-0.1, -0.05) is 38.1 Å². The first kappa shape index (κ1) is 20.5. The Morgan fingerprint density at radius 2 is 1.65 bits per heavy atom. The average molecular weight is 418 g/mol. The van der Waals surface area contributed by atoms with E-state index in [4.69, 9.17) is 4.74 Å². The standard InChI is InChI=1S/C23H22N4O4/c1-4-13(5-2)27-22(29)16-11-8-12-17(18(16)23(27)30)25-26-19-14-9-6-7-10-15(14)20(28)24-21(19)31-3/h6-13H,4-5H2,1-3H3,(H,24,28). The zero-order valence-electron chi connectivity index (χ0n) is 17.5. The van der Waals surface area contributed by atoms with Crippen LogP contribution in [-0.4, -0.2) is 34.8 Å². The highest BCUT2D eigenvalue weighted by molar-refractivity contribution is 6.23. The number of rotatable bonds is 6. The summed E-state index contributed by atoms with van der Waals surface area (Å²) >= 11 is 0. The summed E-state index contributed by atoms with van der Waals surface area (Å²) in [5.74, 6) is -0.500. The molecule has 1 aromatic heterocycles. The second-order valence-electron chi connectivity index (χ2n) is 7.23. The van der Waals surface area contributed by atoms with Gasteiger partial charge in [0.15, 0.2) is 5.69 Å². The Balaban J connectivity index is 1.83. The quantitative estimate of drug-likeness (QED) is 0.461. The van der Waals surface area contributed by atoms with Gasteiger partial charge in [0.2, 0.25) is 5.88 Å². The van der Waals surface area contributed by atoms with Crippen molar-refractivity contribution in [2.45, 2.75) is 32.7 Å². The lowest BCUT2D eigenvalue weighted by Crippen LogP contribution is -2.39. The maximum atomic E-state index is 13.1. The fourth-order valence-electron chi connectivity index (χ4n) is 3.94. The second kappa shape index (κ2) is 8.14. The van der Waals surface area contributed by atoms with Gasteiger partial charge in [-0.2, -0.15) is 0 Å². The van der Waals surface area contributed by atoms with Crippen molar-refractivity contribution >= 4 is 34.0 Å². The number of amides is 2. The number of carbonyl (C=O) groups excluding carboxylic acids is 2. The third-order valence-corrected chi connectivity index (χ3v) is 5.56. The number of pyridine rings is 1. The van der Waals surface area contributed by atoms with Crippen LogP contribution in [0.3, 0.4) is 0 Å². The first-order chi connectivity index (χ1) is 15.0. The molecular formula is C23H22N4O4. The van der Waals surface area contributed by atoms with Gasteiger partial charge < -0.3 is 4.74 Å². The van der Waals surface area contributed by atoms with E-state index >= 15 is 0 Å². The molecule has 0 atom stereocenters. The largest absolute Gasteiger partial charge is 0.481 e. The molecule has 4 rings (SSSR count). The maximum Gasteiger partial charge on any atom is 0.264 e. The van der Waals surface area contributed by atoms with Gasteiger partial charge in [-0.05, 0) is 31.0 Å². The molecule has 0 unspecified atom stereocenters. The van der Waals surface area contributed by atoms with E-state index in [-0.39, 0.29) is 34.9 Å². The molecule has 1 N–H and O–H groups in total. The zero-order chi connectivity index (χ0) is 22.1. The number of ether oxygens (including phenoxy) is 1. The first-order valence-corrected chi connectivity index (χ1v) is 10.1. The van der Waals surface area contributed by atoms with Crippen molar-refractivity contribution in [2.24, 2.45) is 10.2 Å². The normalized spacial score (nSPS) is 13.6. The lowest BCUT2D eigenvalue weighted by molar-refractivity contribution is 0.0576. The number of hydrogen-bond acceptors (Lipinski definition) is 6. The van der Waals surface area contributed by atoms with Gasteiger partial charge in [0, 0.05) is 16.8 Å². The smallest absolute Gasteiger partial charge is 0.264 e. The minimum Gasteiger partial charge on any atom is -0.481 e. The van der Waals surface area contributed by atoms with Gasteiger partial charge in [0.1, 0.15) is 0 Å². The second-order valence-corrected chi connectivity index (χ2v) is 7.23. The molecule has 0 spiro atoms. The number of aromatic amines is 1. The van der Waals surface area contributed by atoms with E-state index in [1.807, 2.05) is 13.8 Å². The van der Waals surface area contributed by atoms with E-state index in [9.17, 15) is 14.4 Å². The van der Waals surface area contributed by atoms with Crippen LogP contribution < -0.4 is 10.3 Å². The molecule has 0 saturated heterocycles. The van der Waals surface area contributed by atoms with Crippen LogP contribution >= 0.6 is 0 Å². The van der Waals surface area contributed by atoms with Gasteiger partial charge >= 0.3 is 0 Å². The number of H-pyrrole nitrogens is 1. The third-order valence-electron chi connectivity index (χ3n) is 5.56. The molecule has 0 saturated carbocycles. The Kier molecular flexibility index (Phi) is 5.37. The lowest BCUT2D eigenvalue weighted by atomic mass is 10.1. The average Bonchev–Trinajstić information content (AvgIpc) is 3.05. The van der Waals surface area contributed by atoms with Crippen LogP contribution in [0.15, 0.2) is 57.5 Å². The Labute approximate surface area is 178 Å². The van der Waals surface area contributed by atoms with Gasteiger partial charge in [-0.15, -0.1) is 10.2 Å². The number of hydrogen-bond donors (Lipinski definition) is 1. The zero-order valence-corrected chi connectivity index (χ0v) is 17.5. The summed E-state index contributed by atoms with van der Waals surface area (Å²) in [5.41, 5.74) is 0.904. The minimum absolute atomic E-state index is 0.166. The van der Waals surface area contributed by atoms with Crippen molar-refractivity contribution in [1.29, 1.82) is 0 Å². The highest BCUT2D eigenvalue weighted by Crippen LogP contribution is 2.37. The number of methoxy groups -OCH3 is 1. The summed E-state index contributed by atoms with van der Waals surface area (Å²) in [6.45, 7) is 3.90. The predicted molar refractivity (Wildman–Crippen MR) is 117 cm³/mol. The fourth-order valence-corrected chi connectivity index (χ4v) is 3.94. The Morgan fingerprint density at radius 1 is 0.935 bits per heavy atom. The Hall–Kier alpha value is -3.81. The molecule has 1 aliphatic heterocycles. The highest BCUT2D eigenvalue weighted by atomic mass is 16.5. The van der Waals surface area contributed by atoms with E-state index < -0.39 is 0 Å². The van der Waals surface area contributed by atoms with Crippen molar-refractivity contribution in [1.82, 2.24) is 9.88 Å². The lowest BCUT2D eigenvalue weighted by Gasteiger charge is -2.23. The fraction of sp³-hybridized carbons (Fsp3) is 0.261.